The lowest BCUT2D eigenvalue weighted by Crippen LogP contribution is -2.21. The first-order chi connectivity index (χ1) is 7.25. The van der Waals surface area contributed by atoms with Crippen LogP contribution in [0.3, 0.4) is 0 Å². The number of aliphatic hydroxyl groups excluding tert-OH is 1. The normalized spacial score (nSPS) is 28.9. The van der Waals surface area contributed by atoms with E-state index in [-0.39, 0.29) is 12.0 Å². The van der Waals surface area contributed by atoms with Gasteiger partial charge in [-0.1, -0.05) is 12.1 Å². The predicted molar refractivity (Wildman–Crippen MR) is 58.9 cm³/mol. The fourth-order valence-electron chi connectivity index (χ4n) is 2.14. The van der Waals surface area contributed by atoms with Crippen molar-refractivity contribution in [1.29, 1.82) is 0 Å². The van der Waals surface area contributed by atoms with Crippen LogP contribution < -0.4 is 10.5 Å². The Labute approximate surface area is 89.9 Å². The third kappa shape index (κ3) is 1.73. The standard InChI is InChI=1S/C12H17NO2/c1-15-10-4-2-3-9(5-10)11-6-12(11,7-13)8-14/h2-5,11,14H,6-8,13H2,1H3/t11-,12-/m0/s1. The van der Waals surface area contributed by atoms with Gasteiger partial charge in [-0.15, -0.1) is 0 Å². The summed E-state index contributed by atoms with van der Waals surface area (Å²) in [4.78, 5) is 0. The number of nitrogens with two attached hydrogens (primary N) is 1. The van der Waals surface area contributed by atoms with Gasteiger partial charge < -0.3 is 15.6 Å². The number of ether oxygens (including phenoxy) is 1. The molecular weight excluding hydrogens is 190 g/mol. The minimum absolute atomic E-state index is 0.0770. The Balaban J connectivity index is 2.18. The maximum Gasteiger partial charge on any atom is 0.119 e. The highest BCUT2D eigenvalue weighted by atomic mass is 16.5. The summed E-state index contributed by atoms with van der Waals surface area (Å²) >= 11 is 0. The molecule has 2 rings (SSSR count). The van der Waals surface area contributed by atoms with Gasteiger partial charge in [0.15, 0.2) is 0 Å². The van der Waals surface area contributed by atoms with Crippen LogP contribution in [0.4, 0.5) is 0 Å². The number of aliphatic hydroxyl groups is 1. The van der Waals surface area contributed by atoms with Crippen molar-refractivity contribution in [1.82, 2.24) is 0 Å². The first-order valence-corrected chi connectivity index (χ1v) is 5.20. The fraction of sp³-hybridized carbons (Fsp3) is 0.500. The van der Waals surface area contributed by atoms with E-state index in [0.29, 0.717) is 12.5 Å². The molecule has 0 unspecified atom stereocenters. The van der Waals surface area contributed by atoms with Crippen LogP contribution in [0.5, 0.6) is 5.75 Å². The zero-order valence-corrected chi connectivity index (χ0v) is 8.94. The minimum Gasteiger partial charge on any atom is -0.497 e. The zero-order valence-electron chi connectivity index (χ0n) is 8.94. The average molecular weight is 207 g/mol. The smallest absolute Gasteiger partial charge is 0.119 e. The largest absolute Gasteiger partial charge is 0.497 e. The van der Waals surface area contributed by atoms with E-state index in [1.54, 1.807) is 7.11 Å². The Kier molecular flexibility index (Phi) is 2.67. The molecule has 0 heterocycles. The molecular formula is C12H17NO2. The summed E-state index contributed by atoms with van der Waals surface area (Å²) in [6.07, 6.45) is 0.979. The highest BCUT2D eigenvalue weighted by molar-refractivity contribution is 5.36. The second-order valence-electron chi connectivity index (χ2n) is 4.26. The summed E-state index contributed by atoms with van der Waals surface area (Å²) in [6, 6.07) is 8.00. The monoisotopic (exact) mass is 207 g/mol. The van der Waals surface area contributed by atoms with Crippen LogP contribution in [0.25, 0.3) is 0 Å². The van der Waals surface area contributed by atoms with E-state index in [9.17, 15) is 5.11 Å². The highest BCUT2D eigenvalue weighted by Gasteiger charge is 2.53. The van der Waals surface area contributed by atoms with Gasteiger partial charge in [0.1, 0.15) is 5.75 Å². The topological polar surface area (TPSA) is 55.5 Å². The molecule has 1 fully saturated rings. The molecule has 82 valence electrons. The van der Waals surface area contributed by atoms with Crippen molar-refractivity contribution < 1.29 is 9.84 Å². The molecule has 0 radical (unpaired) electrons. The van der Waals surface area contributed by atoms with Crippen LogP contribution in [0.15, 0.2) is 24.3 Å². The molecule has 2 atom stereocenters. The summed E-state index contributed by atoms with van der Waals surface area (Å²) in [7, 11) is 1.66. The summed E-state index contributed by atoms with van der Waals surface area (Å²) in [5, 5.41) is 9.30. The molecule has 1 aliphatic carbocycles. The summed E-state index contributed by atoms with van der Waals surface area (Å²) in [6.45, 7) is 0.719. The van der Waals surface area contributed by atoms with Gasteiger partial charge in [0, 0.05) is 12.0 Å². The Morgan fingerprint density at radius 1 is 1.60 bits per heavy atom. The van der Waals surface area contributed by atoms with E-state index in [1.165, 1.54) is 5.56 Å². The van der Waals surface area contributed by atoms with E-state index in [1.807, 2.05) is 18.2 Å². The molecule has 1 saturated carbocycles. The SMILES string of the molecule is COc1cccc([C@@H]2C[C@]2(CN)CO)c1. The lowest BCUT2D eigenvalue weighted by molar-refractivity contribution is 0.211. The lowest BCUT2D eigenvalue weighted by Gasteiger charge is -2.11. The molecule has 3 N–H and O–H groups in total. The van der Waals surface area contributed by atoms with Crippen LogP contribution in [-0.2, 0) is 0 Å². The summed E-state index contributed by atoms with van der Waals surface area (Å²) in [5.74, 6) is 1.26. The highest BCUT2D eigenvalue weighted by Crippen LogP contribution is 2.58. The maximum atomic E-state index is 9.30. The predicted octanol–water partition coefficient (Wildman–Crippen LogP) is 1.12. The molecule has 15 heavy (non-hydrogen) atoms. The molecule has 0 saturated heterocycles. The third-order valence-corrected chi connectivity index (χ3v) is 3.41. The summed E-state index contributed by atoms with van der Waals surface area (Å²) < 4.78 is 5.17. The van der Waals surface area contributed by atoms with E-state index in [0.717, 1.165) is 12.2 Å². The zero-order chi connectivity index (χ0) is 10.9. The lowest BCUT2D eigenvalue weighted by atomic mass is 10.00. The Bertz CT molecular complexity index is 347. The number of hydrogen-bond donors (Lipinski definition) is 2. The Hall–Kier alpha value is -1.06. The van der Waals surface area contributed by atoms with Crippen LogP contribution in [0.1, 0.15) is 17.9 Å². The van der Waals surface area contributed by atoms with Crippen molar-refractivity contribution in [3.8, 4) is 5.75 Å². The Morgan fingerprint density at radius 2 is 2.40 bits per heavy atom. The van der Waals surface area contributed by atoms with Gasteiger partial charge in [-0.3, -0.25) is 0 Å². The molecule has 0 aromatic heterocycles. The van der Waals surface area contributed by atoms with Gasteiger partial charge in [0.05, 0.1) is 13.7 Å². The van der Waals surface area contributed by atoms with Crippen molar-refractivity contribution in [3.63, 3.8) is 0 Å². The van der Waals surface area contributed by atoms with Crippen LogP contribution >= 0.6 is 0 Å². The van der Waals surface area contributed by atoms with Gasteiger partial charge in [-0.25, -0.2) is 0 Å². The number of rotatable bonds is 4. The molecule has 3 nitrogen and oxygen atoms in total. The first kappa shape index (κ1) is 10.5. The van der Waals surface area contributed by atoms with Crippen molar-refractivity contribution in [3.05, 3.63) is 29.8 Å². The molecule has 3 heteroatoms. The Morgan fingerprint density at radius 3 is 2.93 bits per heavy atom. The molecule has 0 spiro atoms. The molecule has 1 aliphatic rings. The molecule has 1 aromatic rings. The molecule has 0 bridgehead atoms. The number of methoxy groups -OCH3 is 1. The van der Waals surface area contributed by atoms with Crippen molar-refractivity contribution in [2.45, 2.75) is 12.3 Å². The van der Waals surface area contributed by atoms with Crippen LogP contribution in [0, 0.1) is 5.41 Å². The maximum absolute atomic E-state index is 9.30. The molecule has 1 aromatic carbocycles. The van der Waals surface area contributed by atoms with Gasteiger partial charge in [-0.2, -0.15) is 0 Å². The average Bonchev–Trinajstić information content (AvgIpc) is 3.04. The van der Waals surface area contributed by atoms with E-state index in [2.05, 4.69) is 6.07 Å². The van der Waals surface area contributed by atoms with Crippen molar-refractivity contribution in [2.75, 3.05) is 20.3 Å². The van der Waals surface area contributed by atoms with Gasteiger partial charge in [0.25, 0.3) is 0 Å². The quantitative estimate of drug-likeness (QED) is 0.778. The minimum atomic E-state index is -0.0770. The number of hydrogen-bond acceptors (Lipinski definition) is 3. The second kappa shape index (κ2) is 3.83. The van der Waals surface area contributed by atoms with Crippen molar-refractivity contribution in [2.24, 2.45) is 11.1 Å². The second-order valence-corrected chi connectivity index (χ2v) is 4.26. The van der Waals surface area contributed by atoms with Crippen LogP contribution in [0.2, 0.25) is 0 Å². The molecule has 0 aliphatic heterocycles. The van der Waals surface area contributed by atoms with Gasteiger partial charge >= 0.3 is 0 Å². The third-order valence-electron chi connectivity index (χ3n) is 3.41. The van der Waals surface area contributed by atoms with Gasteiger partial charge in [0.2, 0.25) is 0 Å². The van der Waals surface area contributed by atoms with E-state index in [4.69, 9.17) is 10.5 Å². The first-order valence-electron chi connectivity index (χ1n) is 5.20. The number of benzene rings is 1. The molecule has 0 amide bonds. The van der Waals surface area contributed by atoms with Gasteiger partial charge in [-0.05, 0) is 30.0 Å². The van der Waals surface area contributed by atoms with Crippen molar-refractivity contribution >= 4 is 0 Å². The summed E-state index contributed by atoms with van der Waals surface area (Å²) in [5.41, 5.74) is 6.83. The fourth-order valence-corrected chi connectivity index (χ4v) is 2.14. The van der Waals surface area contributed by atoms with E-state index >= 15 is 0 Å². The van der Waals surface area contributed by atoms with Crippen LogP contribution in [-0.4, -0.2) is 25.4 Å². The van der Waals surface area contributed by atoms with E-state index < -0.39 is 0 Å².